The highest BCUT2D eigenvalue weighted by atomic mass is 35.5. The van der Waals surface area contributed by atoms with Crippen LogP contribution in [0.5, 0.6) is 0 Å². The van der Waals surface area contributed by atoms with Gasteiger partial charge in [-0.25, -0.2) is 4.79 Å². The van der Waals surface area contributed by atoms with Crippen LogP contribution in [0.3, 0.4) is 0 Å². The predicted molar refractivity (Wildman–Crippen MR) is 129 cm³/mol. The quantitative estimate of drug-likeness (QED) is 0.332. The summed E-state index contributed by atoms with van der Waals surface area (Å²) < 4.78 is 2.13. The number of urea groups is 1. The number of hydrogen-bond donors (Lipinski definition) is 1. The minimum atomic E-state index is -0.160. The van der Waals surface area contributed by atoms with Crippen molar-refractivity contribution in [2.24, 2.45) is 0 Å². The maximum Gasteiger partial charge on any atom is 0.322 e. The van der Waals surface area contributed by atoms with Gasteiger partial charge in [0.1, 0.15) is 0 Å². The van der Waals surface area contributed by atoms with E-state index in [1.165, 1.54) is 0 Å². The van der Waals surface area contributed by atoms with Gasteiger partial charge in [0, 0.05) is 35.4 Å². The van der Waals surface area contributed by atoms with Gasteiger partial charge in [0.05, 0.1) is 12.2 Å². The van der Waals surface area contributed by atoms with E-state index in [2.05, 4.69) is 16.5 Å². The number of nitrogens with zero attached hydrogens (tertiary/aromatic N) is 2. The highest BCUT2D eigenvalue weighted by molar-refractivity contribution is 6.30. The monoisotopic (exact) mass is 429 g/mol. The summed E-state index contributed by atoms with van der Waals surface area (Å²) in [4.78, 5) is 14.9. The number of halogens is 1. The molecule has 0 aliphatic rings. The molecule has 4 nitrogen and oxygen atoms in total. The fourth-order valence-corrected chi connectivity index (χ4v) is 3.89. The summed E-state index contributed by atoms with van der Waals surface area (Å²) in [6, 6.07) is 25.6. The molecule has 0 unspecified atom stereocenters. The Bertz CT molecular complexity index is 1210. The summed E-state index contributed by atoms with van der Waals surface area (Å²) in [5.41, 5.74) is 2.95. The van der Waals surface area contributed by atoms with Crippen molar-refractivity contribution in [3.05, 3.63) is 114 Å². The van der Waals surface area contributed by atoms with Crippen molar-refractivity contribution in [2.75, 3.05) is 11.9 Å². The van der Waals surface area contributed by atoms with E-state index in [0.717, 1.165) is 27.7 Å². The molecular formula is C26H24ClN3O. The van der Waals surface area contributed by atoms with Gasteiger partial charge in [-0.1, -0.05) is 66.2 Å². The Morgan fingerprint density at radius 3 is 2.68 bits per heavy atom. The van der Waals surface area contributed by atoms with Crippen molar-refractivity contribution in [1.82, 2.24) is 9.47 Å². The molecular weight excluding hydrogens is 406 g/mol. The first-order chi connectivity index (χ1) is 15.1. The highest BCUT2D eigenvalue weighted by Gasteiger charge is 2.16. The van der Waals surface area contributed by atoms with E-state index in [0.29, 0.717) is 24.7 Å². The van der Waals surface area contributed by atoms with Crippen molar-refractivity contribution >= 4 is 34.1 Å². The van der Waals surface area contributed by atoms with Gasteiger partial charge in [-0.3, -0.25) is 0 Å². The summed E-state index contributed by atoms with van der Waals surface area (Å²) in [5, 5.41) is 5.89. The molecule has 156 valence electrons. The molecule has 1 N–H and O–H groups in total. The molecule has 0 aliphatic carbocycles. The summed E-state index contributed by atoms with van der Waals surface area (Å²) in [7, 11) is 0. The molecule has 0 atom stereocenters. The Morgan fingerprint density at radius 1 is 1.03 bits per heavy atom. The smallest absolute Gasteiger partial charge is 0.322 e. The maximum absolute atomic E-state index is 13.1. The minimum Gasteiger partial charge on any atom is -0.345 e. The molecule has 0 spiro atoms. The number of hydrogen-bond acceptors (Lipinski definition) is 1. The van der Waals surface area contributed by atoms with E-state index >= 15 is 0 Å². The van der Waals surface area contributed by atoms with Crippen LogP contribution in [0, 0.1) is 0 Å². The molecule has 0 radical (unpaired) electrons. The van der Waals surface area contributed by atoms with Crippen LogP contribution < -0.4 is 5.32 Å². The fraction of sp³-hybridized carbons (Fsp3) is 0.115. The van der Waals surface area contributed by atoms with Crippen LogP contribution >= 0.6 is 11.6 Å². The molecule has 0 saturated heterocycles. The van der Waals surface area contributed by atoms with Crippen molar-refractivity contribution in [3.8, 4) is 0 Å². The van der Waals surface area contributed by atoms with Gasteiger partial charge in [0.15, 0.2) is 0 Å². The second-order valence-corrected chi connectivity index (χ2v) is 7.82. The van der Waals surface area contributed by atoms with E-state index in [1.54, 1.807) is 11.0 Å². The molecule has 0 fully saturated rings. The van der Waals surface area contributed by atoms with E-state index in [4.69, 9.17) is 11.6 Å². The lowest BCUT2D eigenvalue weighted by atomic mass is 10.1. The normalized spacial score (nSPS) is 10.7. The third kappa shape index (κ3) is 4.98. The average Bonchev–Trinajstić information content (AvgIpc) is 3.20. The maximum atomic E-state index is 13.1. The number of fused-ring (bicyclic) bond motifs is 1. The van der Waals surface area contributed by atoms with Gasteiger partial charge in [-0.05, 0) is 41.3 Å². The first-order valence-electron chi connectivity index (χ1n) is 10.2. The zero-order valence-corrected chi connectivity index (χ0v) is 17.9. The highest BCUT2D eigenvalue weighted by Crippen LogP contribution is 2.23. The molecule has 1 heterocycles. The lowest BCUT2D eigenvalue weighted by Gasteiger charge is -2.23. The number of benzene rings is 3. The number of aromatic nitrogens is 1. The van der Waals surface area contributed by atoms with Crippen LogP contribution in [0.2, 0.25) is 5.02 Å². The second kappa shape index (κ2) is 9.54. The number of rotatable bonds is 7. The number of amides is 2. The summed E-state index contributed by atoms with van der Waals surface area (Å²) in [6.45, 7) is 5.43. The van der Waals surface area contributed by atoms with Gasteiger partial charge < -0.3 is 14.8 Å². The van der Waals surface area contributed by atoms with Crippen LogP contribution in [0.25, 0.3) is 10.8 Å². The van der Waals surface area contributed by atoms with Crippen molar-refractivity contribution < 1.29 is 4.79 Å². The Labute approximate surface area is 187 Å². The SMILES string of the molecule is C=CCN(Cc1cccn1Cc1cccc(Cl)c1)C(=O)Nc1cccc2ccccc12. The van der Waals surface area contributed by atoms with Crippen LogP contribution in [0.15, 0.2) is 97.7 Å². The topological polar surface area (TPSA) is 37.3 Å². The zero-order chi connectivity index (χ0) is 21.6. The first kappa shape index (κ1) is 20.8. The molecule has 0 saturated carbocycles. The molecule has 1 aromatic heterocycles. The summed E-state index contributed by atoms with van der Waals surface area (Å²) >= 11 is 6.13. The fourth-order valence-electron chi connectivity index (χ4n) is 3.68. The van der Waals surface area contributed by atoms with Gasteiger partial charge in [0.25, 0.3) is 0 Å². The van der Waals surface area contributed by atoms with E-state index in [9.17, 15) is 4.79 Å². The Kier molecular flexibility index (Phi) is 6.39. The van der Waals surface area contributed by atoms with Crippen LogP contribution in [-0.2, 0) is 13.1 Å². The van der Waals surface area contributed by atoms with Gasteiger partial charge >= 0.3 is 6.03 Å². The van der Waals surface area contributed by atoms with Crippen LogP contribution in [-0.4, -0.2) is 22.0 Å². The number of carbonyl (C=O) groups excluding carboxylic acids is 1. The van der Waals surface area contributed by atoms with E-state index in [-0.39, 0.29) is 6.03 Å². The van der Waals surface area contributed by atoms with Crippen molar-refractivity contribution in [3.63, 3.8) is 0 Å². The largest absolute Gasteiger partial charge is 0.345 e. The lowest BCUT2D eigenvalue weighted by Crippen LogP contribution is -2.35. The van der Waals surface area contributed by atoms with Crippen LogP contribution in [0.4, 0.5) is 10.5 Å². The number of nitrogens with one attached hydrogen (secondary N) is 1. The van der Waals surface area contributed by atoms with E-state index < -0.39 is 0 Å². The Balaban J connectivity index is 1.52. The minimum absolute atomic E-state index is 0.160. The average molecular weight is 430 g/mol. The number of carbonyl (C=O) groups is 1. The molecule has 31 heavy (non-hydrogen) atoms. The predicted octanol–water partition coefficient (Wildman–Crippen LogP) is 6.56. The third-order valence-electron chi connectivity index (χ3n) is 5.19. The van der Waals surface area contributed by atoms with Gasteiger partial charge in [0.2, 0.25) is 0 Å². The zero-order valence-electron chi connectivity index (χ0n) is 17.2. The molecule has 2 amide bonds. The molecule has 0 bridgehead atoms. The van der Waals surface area contributed by atoms with Crippen LogP contribution in [0.1, 0.15) is 11.3 Å². The molecule has 4 aromatic rings. The second-order valence-electron chi connectivity index (χ2n) is 7.38. The molecule has 3 aromatic carbocycles. The Morgan fingerprint density at radius 2 is 1.84 bits per heavy atom. The molecule has 0 aliphatic heterocycles. The third-order valence-corrected chi connectivity index (χ3v) is 5.42. The lowest BCUT2D eigenvalue weighted by molar-refractivity contribution is 0.214. The summed E-state index contributed by atoms with van der Waals surface area (Å²) in [6.07, 6.45) is 3.76. The van der Waals surface area contributed by atoms with Crippen molar-refractivity contribution in [1.29, 1.82) is 0 Å². The summed E-state index contributed by atoms with van der Waals surface area (Å²) in [5.74, 6) is 0. The molecule has 4 rings (SSSR count). The van der Waals surface area contributed by atoms with E-state index in [1.807, 2.05) is 85.1 Å². The van der Waals surface area contributed by atoms with Crippen molar-refractivity contribution in [2.45, 2.75) is 13.1 Å². The van der Waals surface area contributed by atoms with Gasteiger partial charge in [-0.2, -0.15) is 0 Å². The van der Waals surface area contributed by atoms with Gasteiger partial charge in [-0.15, -0.1) is 6.58 Å². The first-order valence-corrected chi connectivity index (χ1v) is 10.5. The standard InChI is InChI=1S/C26H24ClN3O/c1-2-15-30(26(31)28-25-14-6-10-21-9-3-4-13-24(21)25)19-23-12-7-16-29(23)18-20-8-5-11-22(27)17-20/h2-14,16-17H,1,15,18-19H2,(H,28,31). The Hall–Kier alpha value is -3.50. The number of anilines is 1. The molecule has 5 heteroatoms.